The fourth-order valence-corrected chi connectivity index (χ4v) is 1.21. The lowest BCUT2D eigenvalue weighted by Crippen LogP contribution is -2.26. The van der Waals surface area contributed by atoms with Crippen molar-refractivity contribution < 1.29 is 18.7 Å². The van der Waals surface area contributed by atoms with Gasteiger partial charge in [-0.2, -0.15) is 0 Å². The molecule has 2 N–H and O–H groups in total. The molecule has 0 saturated carbocycles. The van der Waals surface area contributed by atoms with Crippen molar-refractivity contribution in [3.05, 3.63) is 0 Å². The molecule has 0 amide bonds. The number of hydrogen-bond donors (Lipinski definition) is 2. The van der Waals surface area contributed by atoms with Crippen LogP contribution in [0.15, 0.2) is 0 Å². The van der Waals surface area contributed by atoms with Gasteiger partial charge in [-0.15, -0.1) is 0 Å². The molecule has 0 aliphatic heterocycles. The van der Waals surface area contributed by atoms with Crippen molar-refractivity contribution in [1.82, 2.24) is 5.32 Å². The molecule has 0 radical (unpaired) electrons. The Morgan fingerprint density at radius 3 is 2.47 bits per heavy atom. The molecular weight excluding hydrogens is 204 g/mol. The Hall–Kier alpha value is -0.710. The SMILES string of the molecule is CC(C)(CCNCC(F)F)CCC(=O)O. The van der Waals surface area contributed by atoms with Crippen LogP contribution in [-0.4, -0.2) is 30.6 Å². The topological polar surface area (TPSA) is 49.3 Å². The monoisotopic (exact) mass is 223 g/mol. The fraction of sp³-hybridized carbons (Fsp3) is 0.900. The summed E-state index contributed by atoms with van der Waals surface area (Å²) in [4.78, 5) is 10.4. The van der Waals surface area contributed by atoms with E-state index in [2.05, 4.69) is 5.32 Å². The van der Waals surface area contributed by atoms with Gasteiger partial charge in [-0.25, -0.2) is 8.78 Å². The zero-order valence-corrected chi connectivity index (χ0v) is 9.22. The van der Waals surface area contributed by atoms with Crippen molar-refractivity contribution in [2.45, 2.75) is 39.5 Å². The second-order valence-corrected chi connectivity index (χ2v) is 4.40. The molecule has 0 bridgehead atoms. The number of carbonyl (C=O) groups is 1. The van der Waals surface area contributed by atoms with Crippen LogP contribution in [0.3, 0.4) is 0 Å². The molecule has 0 aromatic carbocycles. The Bertz CT molecular complexity index is 196. The first-order valence-electron chi connectivity index (χ1n) is 5.04. The van der Waals surface area contributed by atoms with Crippen LogP contribution in [-0.2, 0) is 4.79 Å². The molecule has 0 aliphatic rings. The number of aliphatic carboxylic acids is 1. The molecule has 0 aliphatic carbocycles. The summed E-state index contributed by atoms with van der Waals surface area (Å²) in [5.41, 5.74) is -0.118. The molecule has 0 fully saturated rings. The van der Waals surface area contributed by atoms with E-state index in [1.54, 1.807) is 0 Å². The smallest absolute Gasteiger partial charge is 0.303 e. The maximum Gasteiger partial charge on any atom is 0.303 e. The summed E-state index contributed by atoms with van der Waals surface area (Å²) >= 11 is 0. The van der Waals surface area contributed by atoms with Gasteiger partial charge >= 0.3 is 5.97 Å². The third-order valence-corrected chi connectivity index (χ3v) is 2.29. The van der Waals surface area contributed by atoms with Gasteiger partial charge in [0.25, 0.3) is 6.43 Å². The number of carboxylic acids is 1. The van der Waals surface area contributed by atoms with Crippen LogP contribution in [0.1, 0.15) is 33.1 Å². The minimum atomic E-state index is -2.33. The van der Waals surface area contributed by atoms with Gasteiger partial charge in [-0.1, -0.05) is 13.8 Å². The molecule has 0 saturated heterocycles. The number of halogens is 2. The number of hydrogen-bond acceptors (Lipinski definition) is 2. The van der Waals surface area contributed by atoms with Crippen LogP contribution in [0.5, 0.6) is 0 Å². The predicted molar refractivity (Wildman–Crippen MR) is 54.1 cm³/mol. The van der Waals surface area contributed by atoms with Crippen molar-refractivity contribution >= 4 is 5.97 Å². The van der Waals surface area contributed by atoms with Crippen LogP contribution >= 0.6 is 0 Å². The van der Waals surface area contributed by atoms with Crippen molar-refractivity contribution in [3.8, 4) is 0 Å². The third-order valence-electron chi connectivity index (χ3n) is 2.29. The van der Waals surface area contributed by atoms with E-state index in [1.165, 1.54) is 0 Å². The highest BCUT2D eigenvalue weighted by atomic mass is 19.3. The molecule has 0 spiro atoms. The van der Waals surface area contributed by atoms with E-state index >= 15 is 0 Å². The van der Waals surface area contributed by atoms with Crippen LogP contribution < -0.4 is 5.32 Å². The summed E-state index contributed by atoms with van der Waals surface area (Å²) in [6, 6.07) is 0. The highest BCUT2D eigenvalue weighted by Gasteiger charge is 2.18. The molecule has 0 atom stereocenters. The van der Waals surface area contributed by atoms with Gasteiger partial charge < -0.3 is 10.4 Å². The largest absolute Gasteiger partial charge is 0.481 e. The maximum atomic E-state index is 11.8. The number of rotatable bonds is 8. The molecule has 0 rings (SSSR count). The Kier molecular flexibility index (Phi) is 6.40. The van der Waals surface area contributed by atoms with Crippen molar-refractivity contribution in [3.63, 3.8) is 0 Å². The molecular formula is C10H19F2NO2. The van der Waals surface area contributed by atoms with Gasteiger partial charge in [0.2, 0.25) is 0 Å². The van der Waals surface area contributed by atoms with Crippen molar-refractivity contribution in [2.75, 3.05) is 13.1 Å². The summed E-state index contributed by atoms with van der Waals surface area (Å²) in [5.74, 6) is -0.816. The highest BCUT2D eigenvalue weighted by Crippen LogP contribution is 2.25. The average molecular weight is 223 g/mol. The Labute approximate surface area is 88.9 Å². The lowest BCUT2D eigenvalue weighted by molar-refractivity contribution is -0.137. The van der Waals surface area contributed by atoms with Gasteiger partial charge in [0, 0.05) is 6.42 Å². The summed E-state index contributed by atoms with van der Waals surface area (Å²) in [6.45, 7) is 4.09. The number of nitrogens with one attached hydrogen (secondary N) is 1. The number of carboxylic acid groups (broad SMARTS) is 1. The predicted octanol–water partition coefficient (Wildman–Crippen LogP) is 2.12. The van der Waals surface area contributed by atoms with Gasteiger partial charge in [0.1, 0.15) is 0 Å². The fourth-order valence-electron chi connectivity index (χ4n) is 1.21. The molecule has 90 valence electrons. The Balaban J connectivity index is 3.59. The van der Waals surface area contributed by atoms with Crippen LogP contribution in [0.25, 0.3) is 0 Å². The van der Waals surface area contributed by atoms with Crippen LogP contribution in [0, 0.1) is 5.41 Å². The first-order valence-corrected chi connectivity index (χ1v) is 5.04. The standard InChI is InChI=1S/C10H19F2NO2/c1-10(2,4-3-9(14)15)5-6-13-7-8(11)12/h8,13H,3-7H2,1-2H3,(H,14,15). The summed E-state index contributed by atoms with van der Waals surface area (Å²) in [7, 11) is 0. The lowest BCUT2D eigenvalue weighted by atomic mass is 9.84. The molecule has 0 unspecified atom stereocenters. The lowest BCUT2D eigenvalue weighted by Gasteiger charge is -2.23. The normalized spacial score (nSPS) is 12.1. The van der Waals surface area contributed by atoms with E-state index in [1.807, 2.05) is 13.8 Å². The zero-order valence-electron chi connectivity index (χ0n) is 9.22. The van der Waals surface area contributed by atoms with Gasteiger partial charge in [0.15, 0.2) is 0 Å². The van der Waals surface area contributed by atoms with Crippen molar-refractivity contribution in [1.29, 1.82) is 0 Å². The molecule has 0 aromatic rings. The Morgan fingerprint density at radius 2 is 2.00 bits per heavy atom. The minimum absolute atomic E-state index is 0.118. The Morgan fingerprint density at radius 1 is 1.40 bits per heavy atom. The molecule has 0 aromatic heterocycles. The highest BCUT2D eigenvalue weighted by molar-refractivity contribution is 5.66. The van der Waals surface area contributed by atoms with E-state index in [4.69, 9.17) is 5.11 Å². The van der Waals surface area contributed by atoms with Crippen LogP contribution in [0.4, 0.5) is 8.78 Å². The maximum absolute atomic E-state index is 11.8. The minimum Gasteiger partial charge on any atom is -0.481 e. The third kappa shape index (κ3) is 9.59. The summed E-state index contributed by atoms with van der Waals surface area (Å²) in [6.07, 6.45) is -0.930. The van der Waals surface area contributed by atoms with Crippen molar-refractivity contribution in [2.24, 2.45) is 5.41 Å². The van der Waals surface area contributed by atoms with E-state index < -0.39 is 12.4 Å². The van der Waals surface area contributed by atoms with E-state index in [9.17, 15) is 13.6 Å². The average Bonchev–Trinajstić information content (AvgIpc) is 2.09. The van der Waals surface area contributed by atoms with Gasteiger partial charge in [-0.3, -0.25) is 4.79 Å². The number of alkyl halides is 2. The van der Waals surface area contributed by atoms with E-state index in [0.29, 0.717) is 19.4 Å². The quantitative estimate of drug-likeness (QED) is 0.620. The van der Waals surface area contributed by atoms with Gasteiger partial charge in [0.05, 0.1) is 6.54 Å². The first-order chi connectivity index (χ1) is 6.83. The van der Waals surface area contributed by atoms with E-state index in [-0.39, 0.29) is 18.4 Å². The summed E-state index contributed by atoms with van der Waals surface area (Å²) < 4.78 is 23.5. The molecule has 15 heavy (non-hydrogen) atoms. The molecule has 3 nitrogen and oxygen atoms in total. The molecule has 0 heterocycles. The van der Waals surface area contributed by atoms with Crippen LogP contribution in [0.2, 0.25) is 0 Å². The zero-order chi connectivity index (χ0) is 11.9. The second kappa shape index (κ2) is 6.71. The summed E-state index contributed by atoms with van der Waals surface area (Å²) in [5, 5.41) is 11.1. The van der Waals surface area contributed by atoms with Gasteiger partial charge in [-0.05, 0) is 24.8 Å². The molecule has 5 heteroatoms. The second-order valence-electron chi connectivity index (χ2n) is 4.40. The first kappa shape index (κ1) is 14.3. The van der Waals surface area contributed by atoms with E-state index in [0.717, 1.165) is 0 Å².